The molecule has 3 heterocycles. The Kier molecular flexibility index (Phi) is 5.57. The maximum atomic E-state index is 13.5. The van der Waals surface area contributed by atoms with Crippen LogP contribution in [-0.2, 0) is 20.9 Å². The van der Waals surface area contributed by atoms with Gasteiger partial charge in [0.25, 0.3) is 0 Å². The highest BCUT2D eigenvalue weighted by atomic mass is 32.2. The number of nitrogens with one attached hydrogen (secondary N) is 2. The molecule has 1 spiro atoms. The quantitative estimate of drug-likeness (QED) is 0.596. The number of hydrogen-bond acceptors (Lipinski definition) is 5. The van der Waals surface area contributed by atoms with Gasteiger partial charge in [-0.2, -0.15) is 0 Å². The minimum Gasteiger partial charge on any atom is -0.396 e. The van der Waals surface area contributed by atoms with Crippen LogP contribution in [0.3, 0.4) is 0 Å². The van der Waals surface area contributed by atoms with Gasteiger partial charge in [-0.05, 0) is 31.7 Å². The second kappa shape index (κ2) is 7.89. The molecule has 3 saturated heterocycles. The van der Waals surface area contributed by atoms with Crippen LogP contribution in [-0.4, -0.2) is 63.5 Å². The van der Waals surface area contributed by atoms with E-state index in [9.17, 15) is 19.5 Å². The molecular weight excluding hydrogens is 402 g/mol. The summed E-state index contributed by atoms with van der Waals surface area (Å²) in [7, 11) is 1.60. The van der Waals surface area contributed by atoms with Gasteiger partial charge in [0.1, 0.15) is 6.04 Å². The molecule has 1 aromatic rings. The lowest BCUT2D eigenvalue weighted by atomic mass is 9.66. The summed E-state index contributed by atoms with van der Waals surface area (Å²) in [4.78, 5) is 41.3. The fourth-order valence-corrected chi connectivity index (χ4v) is 8.00. The third kappa shape index (κ3) is 3.12. The molecule has 3 aliphatic rings. The topological polar surface area (TPSA) is 98.7 Å². The molecule has 3 N–H and O–H groups in total. The van der Waals surface area contributed by atoms with Gasteiger partial charge in [-0.25, -0.2) is 0 Å². The summed E-state index contributed by atoms with van der Waals surface area (Å²) in [6.07, 6.45) is 1.94. The van der Waals surface area contributed by atoms with Gasteiger partial charge in [-0.15, -0.1) is 11.8 Å². The third-order valence-corrected chi connectivity index (χ3v) is 8.91. The molecule has 5 atom stereocenters. The minimum absolute atomic E-state index is 0.0520. The summed E-state index contributed by atoms with van der Waals surface area (Å²) in [5.41, 5.74) is 0.990. The van der Waals surface area contributed by atoms with Crippen LogP contribution in [0.4, 0.5) is 0 Å². The van der Waals surface area contributed by atoms with E-state index in [0.29, 0.717) is 19.5 Å². The monoisotopic (exact) mass is 431 g/mol. The molecule has 0 aromatic heterocycles. The molecule has 162 valence electrons. The number of thioether (sulfide) groups is 1. The van der Waals surface area contributed by atoms with E-state index in [1.807, 2.05) is 30.3 Å². The lowest BCUT2D eigenvalue weighted by Gasteiger charge is -2.34. The molecule has 0 aliphatic carbocycles. The third-order valence-electron chi connectivity index (χ3n) is 6.92. The van der Waals surface area contributed by atoms with Crippen molar-refractivity contribution in [2.24, 2.45) is 11.8 Å². The molecule has 2 bridgehead atoms. The van der Waals surface area contributed by atoms with Crippen LogP contribution < -0.4 is 10.6 Å². The Hall–Kier alpha value is -2.06. The molecule has 0 saturated carbocycles. The Bertz CT molecular complexity index is 850. The van der Waals surface area contributed by atoms with Crippen molar-refractivity contribution in [2.75, 3.05) is 20.2 Å². The van der Waals surface area contributed by atoms with Crippen molar-refractivity contribution >= 4 is 29.5 Å². The average molecular weight is 432 g/mol. The summed E-state index contributed by atoms with van der Waals surface area (Å²) in [6, 6.07) is 9.03. The number of likely N-dealkylation sites (tertiary alicyclic amines) is 1. The zero-order chi connectivity index (χ0) is 21.5. The lowest BCUT2D eigenvalue weighted by Crippen LogP contribution is -2.53. The molecule has 3 aliphatic heterocycles. The van der Waals surface area contributed by atoms with Crippen LogP contribution in [0.5, 0.6) is 0 Å². The number of aliphatic hydroxyl groups excluding tert-OH is 1. The van der Waals surface area contributed by atoms with Crippen molar-refractivity contribution in [3.8, 4) is 0 Å². The molecule has 3 amide bonds. The zero-order valence-electron chi connectivity index (χ0n) is 17.4. The number of nitrogens with zero attached hydrogens (tertiary/aromatic N) is 1. The fraction of sp³-hybridized carbons (Fsp3) is 0.591. The van der Waals surface area contributed by atoms with Gasteiger partial charge in [0, 0.05) is 31.5 Å². The van der Waals surface area contributed by atoms with Crippen LogP contribution in [0, 0.1) is 11.8 Å². The predicted octanol–water partition coefficient (Wildman–Crippen LogP) is 0.913. The van der Waals surface area contributed by atoms with Gasteiger partial charge < -0.3 is 20.6 Å². The van der Waals surface area contributed by atoms with Gasteiger partial charge in [0.05, 0.1) is 16.6 Å². The van der Waals surface area contributed by atoms with E-state index in [0.717, 1.165) is 18.4 Å². The standard InChI is InChI=1S/C22H29N3O4S/c1-21-9-10-22(30-21)16(15(21)18(27)23-2)20(29)25(11-6-12-26)17(22)19(28)24-13-14-7-4-3-5-8-14/h3-5,7-8,15-17,26H,6,9-13H2,1-2H3,(H,23,27)(H,24,28)/t15-,16-,17?,21+,22?/m0/s1. The Morgan fingerprint density at radius 3 is 2.63 bits per heavy atom. The number of aliphatic hydroxyl groups is 1. The number of carbonyl (C=O) groups is 3. The Labute approximate surface area is 181 Å². The van der Waals surface area contributed by atoms with Crippen molar-refractivity contribution in [1.82, 2.24) is 15.5 Å². The van der Waals surface area contributed by atoms with Gasteiger partial charge in [-0.3, -0.25) is 14.4 Å². The Balaban J connectivity index is 1.66. The number of fused-ring (bicyclic) bond motifs is 1. The molecular formula is C22H29N3O4S. The molecule has 4 rings (SSSR count). The van der Waals surface area contributed by atoms with Crippen LogP contribution in [0.15, 0.2) is 30.3 Å². The Morgan fingerprint density at radius 1 is 1.23 bits per heavy atom. The first kappa shape index (κ1) is 21.2. The van der Waals surface area contributed by atoms with Crippen LogP contribution in [0.2, 0.25) is 0 Å². The maximum Gasteiger partial charge on any atom is 0.244 e. The normalized spacial score (nSPS) is 34.2. The first-order valence-corrected chi connectivity index (χ1v) is 11.3. The van der Waals surface area contributed by atoms with Crippen molar-refractivity contribution in [3.05, 3.63) is 35.9 Å². The first-order valence-electron chi connectivity index (χ1n) is 10.5. The first-order chi connectivity index (χ1) is 14.4. The van der Waals surface area contributed by atoms with E-state index in [4.69, 9.17) is 0 Å². The second-order valence-electron chi connectivity index (χ2n) is 8.65. The highest BCUT2D eigenvalue weighted by molar-refractivity contribution is 8.02. The maximum absolute atomic E-state index is 13.5. The van der Waals surface area contributed by atoms with Crippen molar-refractivity contribution in [2.45, 2.75) is 48.3 Å². The van der Waals surface area contributed by atoms with Gasteiger partial charge >= 0.3 is 0 Å². The van der Waals surface area contributed by atoms with E-state index >= 15 is 0 Å². The lowest BCUT2D eigenvalue weighted by molar-refractivity contribution is -0.140. The molecule has 7 nitrogen and oxygen atoms in total. The Morgan fingerprint density at radius 2 is 1.97 bits per heavy atom. The molecule has 1 aromatic carbocycles. The summed E-state index contributed by atoms with van der Waals surface area (Å²) >= 11 is 1.66. The van der Waals surface area contributed by atoms with Gasteiger partial charge in [0.2, 0.25) is 17.7 Å². The highest BCUT2D eigenvalue weighted by Gasteiger charge is 2.76. The number of amides is 3. The van der Waals surface area contributed by atoms with Crippen LogP contribution in [0.25, 0.3) is 0 Å². The molecule has 0 radical (unpaired) electrons. The number of benzene rings is 1. The zero-order valence-corrected chi connectivity index (χ0v) is 18.2. The highest BCUT2D eigenvalue weighted by Crippen LogP contribution is 2.71. The van der Waals surface area contributed by atoms with Gasteiger partial charge in [-0.1, -0.05) is 30.3 Å². The van der Waals surface area contributed by atoms with E-state index < -0.39 is 22.6 Å². The van der Waals surface area contributed by atoms with E-state index in [1.165, 1.54) is 0 Å². The van der Waals surface area contributed by atoms with Crippen molar-refractivity contribution < 1.29 is 19.5 Å². The molecule has 2 unspecified atom stereocenters. The number of carbonyl (C=O) groups excluding carboxylic acids is 3. The van der Waals surface area contributed by atoms with Crippen molar-refractivity contribution in [1.29, 1.82) is 0 Å². The summed E-state index contributed by atoms with van der Waals surface area (Å²) < 4.78 is -0.944. The summed E-state index contributed by atoms with van der Waals surface area (Å²) in [6.45, 7) is 2.70. The fourth-order valence-electron chi connectivity index (χ4n) is 5.65. The number of hydrogen-bond donors (Lipinski definition) is 3. The van der Waals surface area contributed by atoms with E-state index in [1.54, 1.807) is 23.7 Å². The van der Waals surface area contributed by atoms with Gasteiger partial charge in [0.15, 0.2) is 0 Å². The SMILES string of the molecule is CNC(=O)[C@@H]1[C@H]2C(=O)N(CCCO)C(C(=O)NCc3ccccc3)C23CC[C@@]1(C)S3. The van der Waals surface area contributed by atoms with Crippen molar-refractivity contribution in [3.63, 3.8) is 0 Å². The van der Waals surface area contributed by atoms with E-state index in [2.05, 4.69) is 17.6 Å². The number of rotatable bonds is 7. The average Bonchev–Trinajstić information content (AvgIpc) is 3.31. The smallest absolute Gasteiger partial charge is 0.244 e. The van der Waals surface area contributed by atoms with E-state index in [-0.39, 0.29) is 29.1 Å². The molecule has 8 heteroatoms. The minimum atomic E-state index is -0.633. The van der Waals surface area contributed by atoms with Crippen LogP contribution in [0.1, 0.15) is 31.7 Å². The summed E-state index contributed by atoms with van der Waals surface area (Å²) in [5.74, 6) is -1.39. The molecule has 30 heavy (non-hydrogen) atoms. The predicted molar refractivity (Wildman–Crippen MR) is 115 cm³/mol. The largest absolute Gasteiger partial charge is 0.396 e. The van der Waals surface area contributed by atoms with Crippen LogP contribution >= 0.6 is 11.8 Å². The molecule has 3 fully saturated rings. The summed E-state index contributed by atoms with van der Waals surface area (Å²) in [5, 5.41) is 15.1. The second-order valence-corrected chi connectivity index (χ2v) is 10.6.